The smallest absolute Gasteiger partial charge is 0.254 e. The molecule has 146 valence electrons. The second-order valence-corrected chi connectivity index (χ2v) is 7.85. The fourth-order valence-corrected chi connectivity index (χ4v) is 4.18. The molecule has 0 saturated carbocycles. The van der Waals surface area contributed by atoms with E-state index < -0.39 is 0 Å². The van der Waals surface area contributed by atoms with Gasteiger partial charge in [0.25, 0.3) is 5.91 Å². The summed E-state index contributed by atoms with van der Waals surface area (Å²) in [5.74, 6) is 0.426. The number of hydrogen-bond acceptors (Lipinski definition) is 4. The van der Waals surface area contributed by atoms with Gasteiger partial charge in [0.05, 0.1) is 12.2 Å². The monoisotopic (exact) mass is 390 g/mol. The fraction of sp³-hybridized carbons (Fsp3) is 0.476. The van der Waals surface area contributed by atoms with E-state index in [1.165, 1.54) is 6.07 Å². The van der Waals surface area contributed by atoms with Crippen molar-refractivity contribution in [3.05, 3.63) is 58.0 Å². The van der Waals surface area contributed by atoms with Gasteiger partial charge in [0.2, 0.25) is 0 Å². The number of benzene rings is 1. The summed E-state index contributed by atoms with van der Waals surface area (Å²) < 4.78 is 19.0. The van der Waals surface area contributed by atoms with Crippen LogP contribution in [0.15, 0.2) is 41.1 Å². The topological polar surface area (TPSA) is 32.8 Å². The first-order valence-corrected chi connectivity index (χ1v) is 10.4. The molecular weight excluding hydrogens is 363 g/mol. The molecule has 0 N–H and O–H groups in total. The third-order valence-electron chi connectivity index (χ3n) is 5.16. The largest absolute Gasteiger partial charge is 0.383 e. The molecule has 1 amide bonds. The van der Waals surface area contributed by atoms with Gasteiger partial charge in [-0.3, -0.25) is 9.69 Å². The molecule has 0 bridgehead atoms. The number of ether oxygens (including phenoxy) is 1. The maximum atomic E-state index is 13.9. The Bertz CT molecular complexity index is 715. The Morgan fingerprint density at radius 3 is 2.74 bits per heavy atom. The summed E-state index contributed by atoms with van der Waals surface area (Å²) >= 11 is 1.54. The summed E-state index contributed by atoms with van der Waals surface area (Å²) in [6.45, 7) is 4.43. The minimum Gasteiger partial charge on any atom is -0.383 e. The quantitative estimate of drug-likeness (QED) is 0.686. The van der Waals surface area contributed by atoms with Crippen molar-refractivity contribution in [2.24, 2.45) is 5.92 Å². The SMILES string of the molecule is COCCN(CC1CCN(Cc2ccccc2F)CC1)C(=O)c1ccsc1. The highest BCUT2D eigenvalue weighted by Crippen LogP contribution is 2.22. The van der Waals surface area contributed by atoms with Crippen molar-refractivity contribution in [1.82, 2.24) is 9.80 Å². The molecule has 1 saturated heterocycles. The average Bonchev–Trinajstić information content (AvgIpc) is 3.22. The van der Waals surface area contributed by atoms with Crippen molar-refractivity contribution in [2.75, 3.05) is 39.9 Å². The molecule has 6 heteroatoms. The molecule has 1 aliphatic rings. The molecule has 1 fully saturated rings. The molecular formula is C21H27FN2O2S. The molecule has 1 aliphatic heterocycles. The molecule has 1 aromatic heterocycles. The molecule has 2 aromatic rings. The summed E-state index contributed by atoms with van der Waals surface area (Å²) in [7, 11) is 1.66. The maximum absolute atomic E-state index is 13.9. The molecule has 1 aromatic carbocycles. The highest BCUT2D eigenvalue weighted by molar-refractivity contribution is 7.08. The summed E-state index contributed by atoms with van der Waals surface area (Å²) in [6.07, 6.45) is 2.05. The van der Waals surface area contributed by atoms with Crippen molar-refractivity contribution in [2.45, 2.75) is 19.4 Å². The standard InChI is InChI=1S/C21H27FN2O2S/c1-26-12-11-24(21(25)19-8-13-27-16-19)14-17-6-9-23(10-7-17)15-18-4-2-3-5-20(18)22/h2-5,8,13,16-17H,6-7,9-12,14-15H2,1H3. The molecule has 0 unspecified atom stereocenters. The third kappa shape index (κ3) is 5.61. The lowest BCUT2D eigenvalue weighted by molar-refractivity contribution is 0.0617. The Morgan fingerprint density at radius 1 is 1.30 bits per heavy atom. The summed E-state index contributed by atoms with van der Waals surface area (Å²) in [6, 6.07) is 8.86. The number of rotatable bonds is 8. The van der Waals surface area contributed by atoms with Crippen LogP contribution in [0.25, 0.3) is 0 Å². The van der Waals surface area contributed by atoms with Crippen LogP contribution in [0, 0.1) is 11.7 Å². The molecule has 0 atom stereocenters. The highest BCUT2D eigenvalue weighted by atomic mass is 32.1. The predicted molar refractivity (Wildman–Crippen MR) is 106 cm³/mol. The van der Waals surface area contributed by atoms with Crippen molar-refractivity contribution in [1.29, 1.82) is 0 Å². The van der Waals surface area contributed by atoms with Gasteiger partial charge in [0.15, 0.2) is 0 Å². The van der Waals surface area contributed by atoms with Gasteiger partial charge in [0.1, 0.15) is 5.82 Å². The lowest BCUT2D eigenvalue weighted by atomic mass is 9.95. The van der Waals surface area contributed by atoms with E-state index in [-0.39, 0.29) is 11.7 Å². The third-order valence-corrected chi connectivity index (χ3v) is 5.84. The van der Waals surface area contributed by atoms with Gasteiger partial charge in [-0.1, -0.05) is 18.2 Å². The van der Waals surface area contributed by atoms with Crippen LogP contribution in [0.3, 0.4) is 0 Å². The van der Waals surface area contributed by atoms with Crippen LogP contribution < -0.4 is 0 Å². The first kappa shape index (κ1) is 20.0. The number of carbonyl (C=O) groups is 1. The van der Waals surface area contributed by atoms with Crippen molar-refractivity contribution in [3.63, 3.8) is 0 Å². The van der Waals surface area contributed by atoms with Crippen molar-refractivity contribution >= 4 is 17.2 Å². The zero-order chi connectivity index (χ0) is 19.1. The number of methoxy groups -OCH3 is 1. The highest BCUT2D eigenvalue weighted by Gasteiger charge is 2.24. The fourth-order valence-electron chi connectivity index (χ4n) is 3.55. The summed E-state index contributed by atoms with van der Waals surface area (Å²) in [5.41, 5.74) is 1.51. The van der Waals surface area contributed by atoms with Gasteiger partial charge in [-0.05, 0) is 49.4 Å². The maximum Gasteiger partial charge on any atom is 0.254 e. The first-order chi connectivity index (χ1) is 13.2. The Labute approximate surface area is 164 Å². The number of nitrogens with zero attached hydrogens (tertiary/aromatic N) is 2. The molecule has 0 radical (unpaired) electrons. The molecule has 27 heavy (non-hydrogen) atoms. The predicted octanol–water partition coefficient (Wildman–Crippen LogP) is 3.89. The second kappa shape index (κ2) is 9.97. The Kier molecular flexibility index (Phi) is 7.38. The lowest BCUT2D eigenvalue weighted by Crippen LogP contribution is -2.42. The van der Waals surface area contributed by atoms with E-state index in [1.807, 2.05) is 33.9 Å². The second-order valence-electron chi connectivity index (χ2n) is 7.07. The van der Waals surface area contributed by atoms with Crippen LogP contribution >= 0.6 is 11.3 Å². The van der Waals surface area contributed by atoms with Crippen LogP contribution in [-0.2, 0) is 11.3 Å². The Morgan fingerprint density at radius 2 is 2.07 bits per heavy atom. The van der Waals surface area contributed by atoms with Gasteiger partial charge < -0.3 is 9.64 Å². The van der Waals surface area contributed by atoms with Crippen molar-refractivity contribution < 1.29 is 13.9 Å². The number of likely N-dealkylation sites (tertiary alicyclic amines) is 1. The lowest BCUT2D eigenvalue weighted by Gasteiger charge is -2.35. The van der Waals surface area contributed by atoms with Crippen LogP contribution in [0.2, 0.25) is 0 Å². The molecule has 0 spiro atoms. The van der Waals surface area contributed by atoms with E-state index >= 15 is 0 Å². The Hall–Kier alpha value is -1.76. The van der Waals surface area contributed by atoms with E-state index in [9.17, 15) is 9.18 Å². The van der Waals surface area contributed by atoms with E-state index in [1.54, 1.807) is 24.5 Å². The van der Waals surface area contributed by atoms with Crippen LogP contribution in [-0.4, -0.2) is 55.6 Å². The van der Waals surface area contributed by atoms with Crippen LogP contribution in [0.5, 0.6) is 0 Å². The Balaban J connectivity index is 1.52. The average molecular weight is 391 g/mol. The van der Waals surface area contributed by atoms with E-state index in [0.717, 1.165) is 43.6 Å². The number of carbonyl (C=O) groups excluding carboxylic acids is 1. The summed E-state index contributed by atoms with van der Waals surface area (Å²) in [4.78, 5) is 17.0. The number of piperidine rings is 1. The van der Waals surface area contributed by atoms with Crippen molar-refractivity contribution in [3.8, 4) is 0 Å². The van der Waals surface area contributed by atoms with E-state index in [0.29, 0.717) is 25.6 Å². The number of amides is 1. The molecule has 3 rings (SSSR count). The first-order valence-electron chi connectivity index (χ1n) is 9.43. The van der Waals surface area contributed by atoms with Crippen LogP contribution in [0.4, 0.5) is 4.39 Å². The van der Waals surface area contributed by atoms with Gasteiger partial charge in [-0.2, -0.15) is 11.3 Å². The van der Waals surface area contributed by atoms with Gasteiger partial charge in [-0.25, -0.2) is 4.39 Å². The summed E-state index contributed by atoms with van der Waals surface area (Å²) in [5, 5.41) is 3.84. The molecule has 0 aliphatic carbocycles. The number of halogens is 1. The van der Waals surface area contributed by atoms with Crippen LogP contribution in [0.1, 0.15) is 28.8 Å². The normalized spacial score (nSPS) is 15.8. The van der Waals surface area contributed by atoms with Gasteiger partial charge in [0, 0.05) is 37.7 Å². The number of thiophene rings is 1. The van der Waals surface area contributed by atoms with Gasteiger partial charge in [-0.15, -0.1) is 0 Å². The van der Waals surface area contributed by atoms with E-state index in [4.69, 9.17) is 4.74 Å². The zero-order valence-electron chi connectivity index (χ0n) is 15.8. The zero-order valence-corrected chi connectivity index (χ0v) is 16.6. The van der Waals surface area contributed by atoms with Gasteiger partial charge >= 0.3 is 0 Å². The molecule has 4 nitrogen and oxygen atoms in total. The number of hydrogen-bond donors (Lipinski definition) is 0. The minimum atomic E-state index is -0.133. The van der Waals surface area contributed by atoms with E-state index in [2.05, 4.69) is 4.90 Å². The minimum absolute atomic E-state index is 0.0853. The molecule has 2 heterocycles.